The molecule has 1 amide bonds. The molecular weight excluding hydrogens is 334 g/mol. The quantitative estimate of drug-likeness (QED) is 0.906. The molecule has 4 rings (SSSR count). The minimum Gasteiger partial charge on any atom is -0.363 e. The highest BCUT2D eigenvalue weighted by Crippen LogP contribution is 2.31. The fourth-order valence-corrected chi connectivity index (χ4v) is 4.34. The first-order valence-corrected chi connectivity index (χ1v) is 9.98. The van der Waals surface area contributed by atoms with Crippen molar-refractivity contribution < 1.29 is 4.79 Å². The minimum atomic E-state index is 0.137. The second-order valence-corrected chi connectivity index (χ2v) is 8.11. The van der Waals surface area contributed by atoms with Crippen molar-refractivity contribution in [2.75, 3.05) is 24.5 Å². The van der Waals surface area contributed by atoms with Gasteiger partial charge in [-0.3, -0.25) is 4.79 Å². The lowest BCUT2D eigenvalue weighted by Crippen LogP contribution is -2.42. The van der Waals surface area contributed by atoms with E-state index in [1.54, 1.807) is 0 Å². The second kappa shape index (κ2) is 7.35. The number of benzene rings is 2. The predicted molar refractivity (Wildman–Crippen MR) is 110 cm³/mol. The van der Waals surface area contributed by atoms with Gasteiger partial charge in [0, 0.05) is 37.4 Å². The number of hydrogen-bond acceptors (Lipinski definition) is 3. The Morgan fingerprint density at radius 3 is 2.48 bits per heavy atom. The molecule has 1 fully saturated rings. The summed E-state index contributed by atoms with van der Waals surface area (Å²) < 4.78 is 0. The Kier molecular flexibility index (Phi) is 4.92. The summed E-state index contributed by atoms with van der Waals surface area (Å²) in [6.45, 7) is 8.45. The molecule has 4 nitrogen and oxygen atoms in total. The van der Waals surface area contributed by atoms with Crippen molar-refractivity contribution in [2.45, 2.75) is 39.8 Å². The second-order valence-electron chi connectivity index (χ2n) is 8.11. The number of anilines is 1. The zero-order valence-corrected chi connectivity index (χ0v) is 16.4. The molecule has 2 aliphatic heterocycles. The molecule has 1 saturated heterocycles. The fourth-order valence-electron chi connectivity index (χ4n) is 4.34. The van der Waals surface area contributed by atoms with Gasteiger partial charge in [-0.15, -0.1) is 0 Å². The maximum atomic E-state index is 13.0. The fraction of sp³-hybridized carbons (Fsp3) is 0.435. The van der Waals surface area contributed by atoms with Gasteiger partial charge in [0.2, 0.25) is 0 Å². The topological polar surface area (TPSA) is 49.6 Å². The third kappa shape index (κ3) is 3.59. The number of piperidine rings is 1. The summed E-state index contributed by atoms with van der Waals surface area (Å²) in [6.07, 6.45) is 2.18. The van der Waals surface area contributed by atoms with E-state index >= 15 is 0 Å². The summed E-state index contributed by atoms with van der Waals surface area (Å²) in [7, 11) is 0. The van der Waals surface area contributed by atoms with Gasteiger partial charge in [0.25, 0.3) is 5.91 Å². The number of nitrogens with two attached hydrogens (primary N) is 1. The molecule has 142 valence electrons. The largest absolute Gasteiger partial charge is 0.363 e. The Labute approximate surface area is 162 Å². The highest BCUT2D eigenvalue weighted by atomic mass is 16.2. The van der Waals surface area contributed by atoms with Crippen LogP contribution in [-0.4, -0.2) is 30.4 Å². The van der Waals surface area contributed by atoms with Crippen molar-refractivity contribution in [3.8, 4) is 0 Å². The van der Waals surface area contributed by atoms with Gasteiger partial charge in [-0.1, -0.05) is 18.2 Å². The lowest BCUT2D eigenvalue weighted by molar-refractivity contribution is 0.0678. The van der Waals surface area contributed by atoms with Crippen LogP contribution in [0.3, 0.4) is 0 Å². The van der Waals surface area contributed by atoms with E-state index in [-0.39, 0.29) is 5.91 Å². The molecule has 0 bridgehead atoms. The highest BCUT2D eigenvalue weighted by Gasteiger charge is 2.25. The summed E-state index contributed by atoms with van der Waals surface area (Å²) >= 11 is 0. The summed E-state index contributed by atoms with van der Waals surface area (Å²) in [5.74, 6) is 0.573. The van der Waals surface area contributed by atoms with Gasteiger partial charge in [-0.25, -0.2) is 0 Å². The number of fused-ring (bicyclic) bond motifs is 1. The number of carbonyl (C=O) groups excluding carboxylic acids is 1. The van der Waals surface area contributed by atoms with Crippen LogP contribution in [0.2, 0.25) is 0 Å². The van der Waals surface area contributed by atoms with Crippen LogP contribution >= 0.6 is 0 Å². The zero-order valence-electron chi connectivity index (χ0n) is 16.4. The smallest absolute Gasteiger partial charge is 0.253 e. The Morgan fingerprint density at radius 2 is 1.81 bits per heavy atom. The van der Waals surface area contributed by atoms with Crippen molar-refractivity contribution in [3.63, 3.8) is 0 Å². The summed E-state index contributed by atoms with van der Waals surface area (Å²) in [5.41, 5.74) is 13.2. The van der Waals surface area contributed by atoms with Gasteiger partial charge < -0.3 is 15.5 Å². The molecule has 0 aliphatic carbocycles. The third-order valence-corrected chi connectivity index (χ3v) is 6.14. The van der Waals surface area contributed by atoms with Gasteiger partial charge in [-0.2, -0.15) is 0 Å². The Hall–Kier alpha value is -2.33. The van der Waals surface area contributed by atoms with Gasteiger partial charge in [0.1, 0.15) is 0 Å². The number of nitrogens with zero attached hydrogens (tertiary/aromatic N) is 2. The zero-order chi connectivity index (χ0) is 19.0. The summed E-state index contributed by atoms with van der Waals surface area (Å²) in [4.78, 5) is 17.3. The van der Waals surface area contributed by atoms with E-state index < -0.39 is 0 Å². The first-order valence-electron chi connectivity index (χ1n) is 9.98. The first-order chi connectivity index (χ1) is 13.0. The summed E-state index contributed by atoms with van der Waals surface area (Å²) in [5, 5.41) is 0. The van der Waals surface area contributed by atoms with Crippen LogP contribution in [0.4, 0.5) is 5.69 Å². The molecule has 0 radical (unpaired) electrons. The molecule has 0 spiro atoms. The van der Waals surface area contributed by atoms with Crippen molar-refractivity contribution in [1.82, 2.24) is 4.90 Å². The normalized spacial score (nSPS) is 19.3. The maximum absolute atomic E-state index is 13.0. The molecule has 27 heavy (non-hydrogen) atoms. The van der Waals surface area contributed by atoms with Gasteiger partial charge in [0.15, 0.2) is 0 Å². The van der Waals surface area contributed by atoms with Gasteiger partial charge in [0.05, 0.1) is 0 Å². The molecule has 1 atom stereocenters. The molecule has 2 aromatic rings. The molecule has 0 aromatic heterocycles. The van der Waals surface area contributed by atoms with E-state index in [9.17, 15) is 4.79 Å². The van der Waals surface area contributed by atoms with Crippen molar-refractivity contribution in [3.05, 3.63) is 64.2 Å². The van der Waals surface area contributed by atoms with Gasteiger partial charge in [-0.05, 0) is 79.6 Å². The van der Waals surface area contributed by atoms with Crippen LogP contribution in [0.1, 0.15) is 45.5 Å². The monoisotopic (exact) mass is 363 g/mol. The van der Waals surface area contributed by atoms with Crippen LogP contribution in [0, 0.1) is 19.8 Å². The van der Waals surface area contributed by atoms with Crippen LogP contribution in [0.5, 0.6) is 0 Å². The standard InChI is InChI=1S/C23H29N3O/c1-16-9-20-14-26(15-21(20)10-17(16)2)22-7-3-6-19(11-22)23(27)25-8-4-5-18(12-24)13-25/h3,6-7,9-11,18H,4-5,8,12-15,24H2,1-2H3. The number of hydrogen-bond donors (Lipinski definition) is 1. The first kappa shape index (κ1) is 18.1. The van der Waals surface area contributed by atoms with Crippen LogP contribution in [0.15, 0.2) is 36.4 Å². The molecule has 2 heterocycles. The maximum Gasteiger partial charge on any atom is 0.253 e. The number of amides is 1. The number of aryl methyl sites for hydroxylation is 2. The number of likely N-dealkylation sites (tertiary alicyclic amines) is 1. The Bertz CT molecular complexity index is 830. The van der Waals surface area contributed by atoms with E-state index in [1.165, 1.54) is 22.3 Å². The minimum absolute atomic E-state index is 0.137. The Balaban J connectivity index is 1.52. The van der Waals surface area contributed by atoms with E-state index in [0.29, 0.717) is 12.5 Å². The number of rotatable bonds is 3. The van der Waals surface area contributed by atoms with Crippen LogP contribution in [-0.2, 0) is 13.1 Å². The Morgan fingerprint density at radius 1 is 1.11 bits per heavy atom. The third-order valence-electron chi connectivity index (χ3n) is 6.14. The molecule has 2 aliphatic rings. The highest BCUT2D eigenvalue weighted by molar-refractivity contribution is 5.95. The predicted octanol–water partition coefficient (Wildman–Crippen LogP) is 3.63. The van der Waals surface area contributed by atoms with Crippen LogP contribution in [0.25, 0.3) is 0 Å². The molecule has 0 saturated carbocycles. The van der Waals surface area contributed by atoms with E-state index in [2.05, 4.69) is 43.0 Å². The molecular formula is C23H29N3O. The van der Waals surface area contributed by atoms with Crippen molar-refractivity contribution in [2.24, 2.45) is 11.7 Å². The number of carbonyl (C=O) groups is 1. The molecule has 2 N–H and O–H groups in total. The summed E-state index contributed by atoms with van der Waals surface area (Å²) in [6, 6.07) is 12.7. The molecule has 2 aromatic carbocycles. The van der Waals surface area contributed by atoms with Crippen molar-refractivity contribution >= 4 is 11.6 Å². The lowest BCUT2D eigenvalue weighted by atomic mass is 9.97. The lowest BCUT2D eigenvalue weighted by Gasteiger charge is -2.32. The van der Waals surface area contributed by atoms with Gasteiger partial charge >= 0.3 is 0 Å². The van der Waals surface area contributed by atoms with E-state index in [1.807, 2.05) is 17.0 Å². The van der Waals surface area contributed by atoms with E-state index in [0.717, 1.165) is 50.3 Å². The van der Waals surface area contributed by atoms with Crippen molar-refractivity contribution in [1.29, 1.82) is 0 Å². The molecule has 1 unspecified atom stereocenters. The van der Waals surface area contributed by atoms with Crippen LogP contribution < -0.4 is 10.6 Å². The van der Waals surface area contributed by atoms with E-state index in [4.69, 9.17) is 5.73 Å². The average molecular weight is 364 g/mol. The SMILES string of the molecule is Cc1cc2c(cc1C)CN(c1cccc(C(=O)N3CCCC(CN)C3)c1)C2. The average Bonchev–Trinajstić information content (AvgIpc) is 3.10. The molecule has 4 heteroatoms.